The number of halogens is 1. The summed E-state index contributed by atoms with van der Waals surface area (Å²) < 4.78 is 27.2. The SMILES string of the molecule is CNC1CCN(S(=O)(=O)c2ccc(Br)s2)C1. The monoisotopic (exact) mass is 324 g/mol. The quantitative estimate of drug-likeness (QED) is 0.916. The zero-order valence-corrected chi connectivity index (χ0v) is 12.0. The number of hydrogen-bond acceptors (Lipinski definition) is 4. The number of sulfonamides is 1. The highest BCUT2D eigenvalue weighted by molar-refractivity contribution is 9.11. The molecule has 2 rings (SSSR count). The lowest BCUT2D eigenvalue weighted by atomic mass is 10.3. The van der Waals surface area contributed by atoms with Crippen molar-refractivity contribution >= 4 is 37.3 Å². The highest BCUT2D eigenvalue weighted by Crippen LogP contribution is 2.29. The summed E-state index contributed by atoms with van der Waals surface area (Å²) >= 11 is 4.54. The second kappa shape index (κ2) is 4.73. The first-order valence-electron chi connectivity index (χ1n) is 4.97. The molecule has 0 aromatic carbocycles. The van der Waals surface area contributed by atoms with Crippen molar-refractivity contribution in [2.45, 2.75) is 16.7 Å². The third kappa shape index (κ3) is 2.33. The smallest absolute Gasteiger partial charge is 0.252 e. The molecule has 0 bridgehead atoms. The number of nitrogens with one attached hydrogen (secondary N) is 1. The zero-order chi connectivity index (χ0) is 11.8. The van der Waals surface area contributed by atoms with Crippen LogP contribution >= 0.6 is 27.3 Å². The van der Waals surface area contributed by atoms with Gasteiger partial charge in [-0.1, -0.05) is 0 Å². The van der Waals surface area contributed by atoms with Crippen molar-refractivity contribution in [3.8, 4) is 0 Å². The highest BCUT2D eigenvalue weighted by Gasteiger charge is 2.32. The largest absolute Gasteiger partial charge is 0.316 e. The van der Waals surface area contributed by atoms with Crippen LogP contribution in [0.5, 0.6) is 0 Å². The molecule has 0 radical (unpaired) electrons. The molecule has 0 aliphatic carbocycles. The molecule has 1 unspecified atom stereocenters. The summed E-state index contributed by atoms with van der Waals surface area (Å²) in [5.41, 5.74) is 0. The van der Waals surface area contributed by atoms with E-state index < -0.39 is 10.0 Å². The van der Waals surface area contributed by atoms with Gasteiger partial charge in [0.2, 0.25) is 0 Å². The van der Waals surface area contributed by atoms with Gasteiger partial charge in [-0.25, -0.2) is 8.42 Å². The van der Waals surface area contributed by atoms with E-state index >= 15 is 0 Å². The van der Waals surface area contributed by atoms with Crippen molar-refractivity contribution < 1.29 is 8.42 Å². The van der Waals surface area contributed by atoms with Crippen LogP contribution in [0, 0.1) is 0 Å². The molecule has 1 saturated heterocycles. The summed E-state index contributed by atoms with van der Waals surface area (Å²) in [6, 6.07) is 3.69. The van der Waals surface area contributed by atoms with Gasteiger partial charge in [0.15, 0.2) is 0 Å². The van der Waals surface area contributed by atoms with Crippen LogP contribution < -0.4 is 5.32 Å². The minimum absolute atomic E-state index is 0.276. The van der Waals surface area contributed by atoms with E-state index in [-0.39, 0.29) is 6.04 Å². The first-order chi connectivity index (χ1) is 7.54. The summed E-state index contributed by atoms with van der Waals surface area (Å²) in [4.78, 5) is 0. The molecule has 1 aromatic heterocycles. The average molecular weight is 325 g/mol. The lowest BCUT2D eigenvalue weighted by Gasteiger charge is -2.14. The van der Waals surface area contributed by atoms with Crippen LogP contribution in [0.15, 0.2) is 20.1 Å². The standard InChI is InChI=1S/C9H13BrN2O2S2/c1-11-7-4-5-12(6-7)16(13,14)9-3-2-8(10)15-9/h2-3,7,11H,4-6H2,1H3. The summed E-state index contributed by atoms with van der Waals surface area (Å²) in [5.74, 6) is 0. The molecule has 1 N–H and O–H groups in total. The van der Waals surface area contributed by atoms with E-state index in [4.69, 9.17) is 0 Å². The van der Waals surface area contributed by atoms with E-state index in [1.807, 2.05) is 7.05 Å². The third-order valence-corrected chi connectivity index (χ3v) is 6.66. The number of rotatable bonds is 3. The van der Waals surface area contributed by atoms with Crippen LogP contribution in [0.4, 0.5) is 0 Å². The van der Waals surface area contributed by atoms with Crippen molar-refractivity contribution in [2.75, 3.05) is 20.1 Å². The second-order valence-corrected chi connectivity index (χ2v) is 8.32. The average Bonchev–Trinajstić information content (AvgIpc) is 2.85. The third-order valence-electron chi connectivity index (χ3n) is 2.70. The maximum atomic E-state index is 12.2. The van der Waals surface area contributed by atoms with Gasteiger partial charge in [-0.15, -0.1) is 11.3 Å². The first-order valence-corrected chi connectivity index (χ1v) is 8.02. The fourth-order valence-corrected chi connectivity index (χ4v) is 5.41. The van der Waals surface area contributed by atoms with Crippen molar-refractivity contribution in [1.29, 1.82) is 0 Å². The summed E-state index contributed by atoms with van der Waals surface area (Å²) in [6.45, 7) is 1.16. The molecule has 2 heterocycles. The molecule has 1 fully saturated rings. The summed E-state index contributed by atoms with van der Waals surface area (Å²) in [5, 5.41) is 3.11. The van der Waals surface area contributed by atoms with Crippen LogP contribution in [0.1, 0.15) is 6.42 Å². The molecule has 0 spiro atoms. The van der Waals surface area contributed by atoms with Crippen molar-refractivity contribution in [3.63, 3.8) is 0 Å². The Hall–Kier alpha value is 0.0500. The van der Waals surface area contributed by atoms with Gasteiger partial charge in [0.25, 0.3) is 10.0 Å². The molecule has 0 saturated carbocycles. The van der Waals surface area contributed by atoms with Crippen molar-refractivity contribution in [2.24, 2.45) is 0 Å². The van der Waals surface area contributed by atoms with Gasteiger partial charge >= 0.3 is 0 Å². The van der Waals surface area contributed by atoms with E-state index in [0.717, 1.165) is 10.2 Å². The Balaban J connectivity index is 2.21. The Kier molecular flexibility index (Phi) is 3.70. The molecule has 4 nitrogen and oxygen atoms in total. The van der Waals surface area contributed by atoms with Gasteiger partial charge in [-0.2, -0.15) is 4.31 Å². The Labute approximate surface area is 108 Å². The van der Waals surface area contributed by atoms with E-state index in [1.165, 1.54) is 11.3 Å². The molecule has 16 heavy (non-hydrogen) atoms. The summed E-state index contributed by atoms with van der Waals surface area (Å²) in [6.07, 6.45) is 0.877. The van der Waals surface area contributed by atoms with Crippen molar-refractivity contribution in [1.82, 2.24) is 9.62 Å². The van der Waals surface area contributed by atoms with Crippen molar-refractivity contribution in [3.05, 3.63) is 15.9 Å². The minimum Gasteiger partial charge on any atom is -0.316 e. The maximum absolute atomic E-state index is 12.2. The molecule has 1 atom stereocenters. The molecule has 90 valence electrons. The fourth-order valence-electron chi connectivity index (χ4n) is 1.75. The highest BCUT2D eigenvalue weighted by atomic mass is 79.9. The topological polar surface area (TPSA) is 49.4 Å². The van der Waals surface area contributed by atoms with Gasteiger partial charge in [0.05, 0.1) is 3.79 Å². The van der Waals surface area contributed by atoms with E-state index in [9.17, 15) is 8.42 Å². The molecule has 7 heteroatoms. The Morgan fingerprint density at radius 1 is 1.56 bits per heavy atom. The van der Waals surface area contributed by atoms with Gasteiger partial charge in [-0.05, 0) is 41.5 Å². The summed E-state index contributed by atoms with van der Waals surface area (Å²) in [7, 11) is -1.42. The van der Waals surface area contributed by atoms with Gasteiger partial charge in [0, 0.05) is 19.1 Å². The Morgan fingerprint density at radius 3 is 2.81 bits per heavy atom. The number of hydrogen-bond donors (Lipinski definition) is 1. The van der Waals surface area contributed by atoms with Gasteiger partial charge in [-0.3, -0.25) is 0 Å². The minimum atomic E-state index is -3.28. The molecule has 1 aliphatic heterocycles. The van der Waals surface area contributed by atoms with Crippen LogP contribution in [0.3, 0.4) is 0 Å². The fraction of sp³-hybridized carbons (Fsp3) is 0.556. The predicted molar refractivity (Wildman–Crippen MR) is 68.2 cm³/mol. The first kappa shape index (κ1) is 12.5. The number of nitrogens with zero attached hydrogens (tertiary/aromatic N) is 1. The Bertz CT molecular complexity index is 472. The van der Waals surface area contributed by atoms with Crippen LogP contribution in [-0.2, 0) is 10.0 Å². The zero-order valence-electron chi connectivity index (χ0n) is 8.81. The molecular formula is C9H13BrN2O2S2. The van der Waals surface area contributed by atoms with Gasteiger partial charge in [0.1, 0.15) is 4.21 Å². The van der Waals surface area contributed by atoms with E-state index in [0.29, 0.717) is 17.3 Å². The van der Waals surface area contributed by atoms with Gasteiger partial charge < -0.3 is 5.32 Å². The maximum Gasteiger partial charge on any atom is 0.252 e. The van der Waals surface area contributed by atoms with Crippen LogP contribution in [0.25, 0.3) is 0 Å². The Morgan fingerprint density at radius 2 is 2.31 bits per heavy atom. The normalized spacial score (nSPS) is 22.8. The predicted octanol–water partition coefficient (Wildman–Crippen LogP) is 1.49. The second-order valence-electron chi connectivity index (χ2n) is 3.70. The molecule has 0 amide bonds. The number of likely N-dealkylation sites (N-methyl/N-ethyl adjacent to an activating group) is 1. The number of thiophene rings is 1. The lowest BCUT2D eigenvalue weighted by Crippen LogP contribution is -2.33. The molecular weight excluding hydrogens is 312 g/mol. The van der Waals surface area contributed by atoms with E-state index in [2.05, 4.69) is 21.2 Å². The van der Waals surface area contributed by atoms with Crippen LogP contribution in [-0.4, -0.2) is 38.9 Å². The molecule has 1 aliphatic rings. The molecule has 1 aromatic rings. The lowest BCUT2D eigenvalue weighted by molar-refractivity contribution is 0.466. The van der Waals surface area contributed by atoms with E-state index in [1.54, 1.807) is 16.4 Å². The van der Waals surface area contributed by atoms with Crippen LogP contribution in [0.2, 0.25) is 0 Å².